The molecular formula is C22H20ClNO2. The second-order valence-electron chi connectivity index (χ2n) is 5.93. The van der Waals surface area contributed by atoms with Crippen molar-refractivity contribution >= 4 is 23.2 Å². The molecule has 1 N–H and O–H groups in total. The Kier molecular flexibility index (Phi) is 6.29. The van der Waals surface area contributed by atoms with Crippen molar-refractivity contribution in [1.29, 1.82) is 0 Å². The molecule has 0 heterocycles. The van der Waals surface area contributed by atoms with Crippen molar-refractivity contribution in [1.82, 2.24) is 0 Å². The van der Waals surface area contributed by atoms with Gasteiger partial charge in [0.25, 0.3) is 5.91 Å². The molecule has 1 amide bonds. The Balaban J connectivity index is 1.46. The lowest BCUT2D eigenvalue weighted by molar-refractivity contribution is 0.102. The average molecular weight is 366 g/mol. The topological polar surface area (TPSA) is 38.3 Å². The van der Waals surface area contributed by atoms with Crippen molar-refractivity contribution in [2.24, 2.45) is 0 Å². The van der Waals surface area contributed by atoms with Crippen molar-refractivity contribution < 1.29 is 9.53 Å². The molecule has 0 saturated carbocycles. The van der Waals surface area contributed by atoms with Crippen LogP contribution >= 0.6 is 11.6 Å². The molecule has 0 saturated heterocycles. The highest BCUT2D eigenvalue weighted by Crippen LogP contribution is 2.18. The smallest absolute Gasteiger partial charge is 0.255 e. The zero-order valence-electron chi connectivity index (χ0n) is 14.3. The second kappa shape index (κ2) is 9.07. The van der Waals surface area contributed by atoms with Gasteiger partial charge in [-0.2, -0.15) is 0 Å². The minimum absolute atomic E-state index is 0.191. The van der Waals surface area contributed by atoms with Gasteiger partial charge in [-0.05, 0) is 60.9 Å². The molecule has 0 aromatic heterocycles. The van der Waals surface area contributed by atoms with Gasteiger partial charge in [0, 0.05) is 16.3 Å². The third kappa shape index (κ3) is 5.36. The second-order valence-corrected chi connectivity index (χ2v) is 6.36. The van der Waals surface area contributed by atoms with Crippen LogP contribution in [0, 0.1) is 0 Å². The number of halogens is 1. The molecule has 0 fully saturated rings. The van der Waals surface area contributed by atoms with E-state index in [-0.39, 0.29) is 5.91 Å². The van der Waals surface area contributed by atoms with Crippen LogP contribution in [0.1, 0.15) is 22.3 Å². The number of benzene rings is 3. The van der Waals surface area contributed by atoms with Crippen LogP contribution < -0.4 is 10.1 Å². The van der Waals surface area contributed by atoms with Crippen LogP contribution in [-0.2, 0) is 6.42 Å². The first-order valence-electron chi connectivity index (χ1n) is 8.54. The number of aryl methyl sites for hydroxylation is 1. The first kappa shape index (κ1) is 18.0. The molecule has 0 atom stereocenters. The summed E-state index contributed by atoms with van der Waals surface area (Å²) in [7, 11) is 0. The number of anilines is 1. The summed E-state index contributed by atoms with van der Waals surface area (Å²) in [5, 5.41) is 3.39. The average Bonchev–Trinajstić information content (AvgIpc) is 2.67. The van der Waals surface area contributed by atoms with Crippen molar-refractivity contribution in [3.63, 3.8) is 0 Å². The summed E-state index contributed by atoms with van der Waals surface area (Å²) in [6, 6.07) is 24.6. The fourth-order valence-electron chi connectivity index (χ4n) is 2.58. The maximum Gasteiger partial charge on any atom is 0.255 e. The fraction of sp³-hybridized carbons (Fsp3) is 0.136. The third-order valence-corrected chi connectivity index (χ3v) is 4.16. The van der Waals surface area contributed by atoms with Gasteiger partial charge < -0.3 is 10.1 Å². The summed E-state index contributed by atoms with van der Waals surface area (Å²) in [5.74, 6) is 0.600. The third-order valence-electron chi connectivity index (χ3n) is 3.92. The summed E-state index contributed by atoms with van der Waals surface area (Å²) in [4.78, 5) is 12.2. The lowest BCUT2D eigenvalue weighted by Gasteiger charge is -2.09. The Bertz CT molecular complexity index is 848. The number of ether oxygens (including phenoxy) is 1. The van der Waals surface area contributed by atoms with E-state index in [9.17, 15) is 4.79 Å². The first-order valence-corrected chi connectivity index (χ1v) is 8.92. The standard InChI is InChI=1S/C22H20ClNO2/c23-19-10-4-9-18(16-19)22(25)24-20-11-13-21(14-12-20)26-15-5-8-17-6-2-1-3-7-17/h1-4,6-7,9-14,16H,5,8,15H2,(H,24,25). The lowest BCUT2D eigenvalue weighted by Crippen LogP contribution is -2.11. The van der Waals surface area contributed by atoms with E-state index >= 15 is 0 Å². The van der Waals surface area contributed by atoms with Gasteiger partial charge in [0.1, 0.15) is 5.75 Å². The van der Waals surface area contributed by atoms with E-state index in [2.05, 4.69) is 17.4 Å². The number of amides is 1. The molecule has 3 aromatic rings. The van der Waals surface area contributed by atoms with Crippen molar-refractivity contribution in [3.8, 4) is 5.75 Å². The summed E-state index contributed by atoms with van der Waals surface area (Å²) in [6.07, 6.45) is 1.95. The SMILES string of the molecule is O=C(Nc1ccc(OCCCc2ccccc2)cc1)c1cccc(Cl)c1. The van der Waals surface area contributed by atoms with Crippen molar-refractivity contribution in [3.05, 3.63) is 95.0 Å². The molecule has 0 radical (unpaired) electrons. The first-order chi connectivity index (χ1) is 12.7. The molecular weight excluding hydrogens is 346 g/mol. The van der Waals surface area contributed by atoms with E-state index in [1.54, 1.807) is 24.3 Å². The number of rotatable bonds is 7. The Hall–Kier alpha value is -2.78. The van der Waals surface area contributed by atoms with Gasteiger partial charge in [0.2, 0.25) is 0 Å². The van der Waals surface area contributed by atoms with Crippen molar-refractivity contribution in [2.45, 2.75) is 12.8 Å². The van der Waals surface area contributed by atoms with E-state index in [1.807, 2.05) is 42.5 Å². The number of carbonyl (C=O) groups is 1. The largest absolute Gasteiger partial charge is 0.494 e. The van der Waals surface area contributed by atoms with E-state index in [4.69, 9.17) is 16.3 Å². The van der Waals surface area contributed by atoms with Gasteiger partial charge in [-0.1, -0.05) is 48.0 Å². The molecule has 132 valence electrons. The highest BCUT2D eigenvalue weighted by Gasteiger charge is 2.06. The summed E-state index contributed by atoms with van der Waals surface area (Å²) < 4.78 is 5.76. The minimum atomic E-state index is -0.191. The lowest BCUT2D eigenvalue weighted by atomic mass is 10.1. The zero-order valence-corrected chi connectivity index (χ0v) is 15.1. The van der Waals surface area contributed by atoms with Crippen LogP contribution in [0.4, 0.5) is 5.69 Å². The Morgan fingerprint density at radius 1 is 0.923 bits per heavy atom. The molecule has 0 spiro atoms. The van der Waals surface area contributed by atoms with Crippen LogP contribution in [0.15, 0.2) is 78.9 Å². The Morgan fingerprint density at radius 3 is 2.42 bits per heavy atom. The summed E-state index contributed by atoms with van der Waals surface area (Å²) >= 11 is 5.92. The number of carbonyl (C=O) groups excluding carboxylic acids is 1. The molecule has 26 heavy (non-hydrogen) atoms. The van der Waals surface area contributed by atoms with Gasteiger partial charge in [-0.15, -0.1) is 0 Å². The zero-order chi connectivity index (χ0) is 18.2. The summed E-state index contributed by atoms with van der Waals surface area (Å²) in [6.45, 7) is 0.656. The maximum absolute atomic E-state index is 12.2. The minimum Gasteiger partial charge on any atom is -0.494 e. The molecule has 3 rings (SSSR count). The van der Waals surface area contributed by atoms with E-state index in [0.29, 0.717) is 22.9 Å². The van der Waals surface area contributed by atoms with Gasteiger partial charge in [0.05, 0.1) is 6.61 Å². The molecule has 0 aliphatic heterocycles. The number of hydrogen-bond donors (Lipinski definition) is 1. The van der Waals surface area contributed by atoms with E-state index < -0.39 is 0 Å². The number of hydrogen-bond acceptors (Lipinski definition) is 2. The Labute approximate surface area is 158 Å². The van der Waals surface area contributed by atoms with Gasteiger partial charge in [-0.25, -0.2) is 0 Å². The molecule has 0 aliphatic rings. The molecule has 3 aromatic carbocycles. The monoisotopic (exact) mass is 365 g/mol. The highest BCUT2D eigenvalue weighted by atomic mass is 35.5. The predicted octanol–water partition coefficient (Wildman–Crippen LogP) is 5.60. The normalized spacial score (nSPS) is 10.3. The maximum atomic E-state index is 12.2. The van der Waals surface area contributed by atoms with Crippen LogP contribution in [-0.4, -0.2) is 12.5 Å². The fourth-order valence-corrected chi connectivity index (χ4v) is 2.77. The van der Waals surface area contributed by atoms with E-state index in [1.165, 1.54) is 5.56 Å². The number of nitrogens with one attached hydrogen (secondary N) is 1. The van der Waals surface area contributed by atoms with Crippen LogP contribution in [0.25, 0.3) is 0 Å². The highest BCUT2D eigenvalue weighted by molar-refractivity contribution is 6.31. The molecule has 3 nitrogen and oxygen atoms in total. The Morgan fingerprint density at radius 2 is 1.69 bits per heavy atom. The van der Waals surface area contributed by atoms with Crippen molar-refractivity contribution in [2.75, 3.05) is 11.9 Å². The molecule has 0 aliphatic carbocycles. The summed E-state index contributed by atoms with van der Waals surface area (Å²) in [5.41, 5.74) is 2.56. The van der Waals surface area contributed by atoms with Gasteiger partial charge >= 0.3 is 0 Å². The molecule has 4 heteroatoms. The van der Waals surface area contributed by atoms with Gasteiger partial charge in [0.15, 0.2) is 0 Å². The van der Waals surface area contributed by atoms with E-state index in [0.717, 1.165) is 18.6 Å². The quantitative estimate of drug-likeness (QED) is 0.553. The molecule has 0 bridgehead atoms. The van der Waals surface area contributed by atoms with Crippen LogP contribution in [0.5, 0.6) is 5.75 Å². The van der Waals surface area contributed by atoms with Gasteiger partial charge in [-0.3, -0.25) is 4.79 Å². The predicted molar refractivity (Wildman–Crippen MR) is 106 cm³/mol. The molecule has 0 unspecified atom stereocenters. The van der Waals surface area contributed by atoms with Crippen LogP contribution in [0.3, 0.4) is 0 Å². The van der Waals surface area contributed by atoms with Crippen LogP contribution in [0.2, 0.25) is 5.02 Å².